The van der Waals surface area contributed by atoms with Crippen molar-refractivity contribution in [3.63, 3.8) is 0 Å². The van der Waals surface area contributed by atoms with E-state index in [-0.39, 0.29) is 11.8 Å². The molecule has 0 bridgehead atoms. The van der Waals surface area contributed by atoms with Gasteiger partial charge in [0.25, 0.3) is 0 Å². The van der Waals surface area contributed by atoms with Gasteiger partial charge in [-0.1, -0.05) is 0 Å². The lowest BCUT2D eigenvalue weighted by molar-refractivity contribution is -0.132. The molecule has 0 aromatic rings. The van der Waals surface area contributed by atoms with Crippen molar-refractivity contribution in [3.8, 4) is 0 Å². The maximum Gasteiger partial charge on any atom is 0.220 e. The minimum Gasteiger partial charge on any atom is -0.353 e. The van der Waals surface area contributed by atoms with Crippen LogP contribution in [0.2, 0.25) is 0 Å². The highest BCUT2D eigenvalue weighted by Gasteiger charge is 2.34. The van der Waals surface area contributed by atoms with Gasteiger partial charge in [-0.3, -0.25) is 9.59 Å². The smallest absolute Gasteiger partial charge is 0.220 e. The lowest BCUT2D eigenvalue weighted by Gasteiger charge is -2.41. The number of amides is 2. The number of hydrogen-bond acceptors (Lipinski definition) is 2. The second kappa shape index (κ2) is 3.59. The summed E-state index contributed by atoms with van der Waals surface area (Å²) in [5.74, 6) is 0.799. The molecule has 0 spiro atoms. The lowest BCUT2D eigenvalue weighted by Crippen LogP contribution is -2.54. The van der Waals surface area contributed by atoms with Crippen molar-refractivity contribution >= 4 is 11.8 Å². The Bertz CT molecular complexity index is 265. The van der Waals surface area contributed by atoms with Crippen molar-refractivity contribution in [2.75, 3.05) is 13.1 Å². The van der Waals surface area contributed by atoms with E-state index < -0.39 is 0 Å². The van der Waals surface area contributed by atoms with Crippen LogP contribution in [0.15, 0.2) is 0 Å². The predicted octanol–water partition coefficient (Wildman–Crippen LogP) is 0.133. The molecule has 2 heterocycles. The standard InChI is InChI=1S/C10H16N2O2/c1-7(13)12-5-4-9-8(6-12)2-3-10(14)11-9/h8-9H,2-6H2,1H3,(H,11,14). The topological polar surface area (TPSA) is 49.4 Å². The number of nitrogens with zero attached hydrogens (tertiary/aromatic N) is 1. The molecule has 2 atom stereocenters. The second-order valence-corrected chi connectivity index (χ2v) is 4.23. The van der Waals surface area contributed by atoms with Gasteiger partial charge in [0.1, 0.15) is 0 Å². The van der Waals surface area contributed by atoms with Crippen molar-refractivity contribution in [1.82, 2.24) is 10.2 Å². The highest BCUT2D eigenvalue weighted by atomic mass is 16.2. The van der Waals surface area contributed by atoms with Crippen LogP contribution in [0.25, 0.3) is 0 Å². The van der Waals surface area contributed by atoms with Gasteiger partial charge in [-0.15, -0.1) is 0 Å². The van der Waals surface area contributed by atoms with Crippen molar-refractivity contribution in [2.45, 2.75) is 32.2 Å². The minimum absolute atomic E-state index is 0.153. The van der Waals surface area contributed by atoms with E-state index >= 15 is 0 Å². The van der Waals surface area contributed by atoms with Crippen LogP contribution in [-0.2, 0) is 9.59 Å². The Labute approximate surface area is 83.6 Å². The molecule has 2 aliphatic heterocycles. The highest BCUT2D eigenvalue weighted by Crippen LogP contribution is 2.25. The molecule has 0 aliphatic carbocycles. The molecule has 4 nitrogen and oxygen atoms in total. The second-order valence-electron chi connectivity index (χ2n) is 4.23. The predicted molar refractivity (Wildman–Crippen MR) is 51.5 cm³/mol. The summed E-state index contributed by atoms with van der Waals surface area (Å²) in [5, 5.41) is 3.00. The van der Waals surface area contributed by atoms with Gasteiger partial charge in [-0.2, -0.15) is 0 Å². The summed E-state index contributed by atoms with van der Waals surface area (Å²) < 4.78 is 0. The highest BCUT2D eigenvalue weighted by molar-refractivity contribution is 5.77. The first kappa shape index (κ1) is 9.49. The Morgan fingerprint density at radius 3 is 3.00 bits per heavy atom. The molecule has 0 aromatic heterocycles. The van der Waals surface area contributed by atoms with E-state index in [1.807, 2.05) is 4.90 Å². The lowest BCUT2D eigenvalue weighted by atomic mass is 9.85. The fourth-order valence-corrected chi connectivity index (χ4v) is 2.40. The molecular weight excluding hydrogens is 180 g/mol. The molecule has 2 aliphatic rings. The molecule has 0 saturated carbocycles. The molecule has 2 rings (SSSR count). The van der Waals surface area contributed by atoms with Crippen LogP contribution in [-0.4, -0.2) is 35.8 Å². The third kappa shape index (κ3) is 1.74. The van der Waals surface area contributed by atoms with Crippen LogP contribution in [0.3, 0.4) is 0 Å². The van der Waals surface area contributed by atoms with Gasteiger partial charge < -0.3 is 10.2 Å². The molecule has 2 unspecified atom stereocenters. The molecule has 2 fully saturated rings. The number of nitrogens with one attached hydrogen (secondary N) is 1. The van der Waals surface area contributed by atoms with Gasteiger partial charge >= 0.3 is 0 Å². The maximum atomic E-state index is 11.2. The zero-order valence-corrected chi connectivity index (χ0v) is 8.45. The van der Waals surface area contributed by atoms with Crippen LogP contribution in [0, 0.1) is 5.92 Å². The number of carbonyl (C=O) groups is 2. The van der Waals surface area contributed by atoms with Gasteiger partial charge in [-0.05, 0) is 18.8 Å². The van der Waals surface area contributed by atoms with Gasteiger partial charge in [0.2, 0.25) is 11.8 Å². The van der Waals surface area contributed by atoms with Crippen LogP contribution >= 0.6 is 0 Å². The summed E-state index contributed by atoms with van der Waals surface area (Å²) in [4.78, 5) is 24.2. The van der Waals surface area contributed by atoms with Gasteiger partial charge in [-0.25, -0.2) is 0 Å². The van der Waals surface area contributed by atoms with Crippen molar-refractivity contribution in [2.24, 2.45) is 5.92 Å². The Balaban J connectivity index is 1.98. The number of fused-ring (bicyclic) bond motifs is 1. The fraction of sp³-hybridized carbons (Fsp3) is 0.800. The van der Waals surface area contributed by atoms with Crippen molar-refractivity contribution in [3.05, 3.63) is 0 Å². The van der Waals surface area contributed by atoms with Gasteiger partial charge in [0.15, 0.2) is 0 Å². The summed E-state index contributed by atoms with van der Waals surface area (Å²) in [6.07, 6.45) is 2.46. The number of piperidine rings is 2. The summed E-state index contributed by atoms with van der Waals surface area (Å²) in [6.45, 7) is 3.22. The summed E-state index contributed by atoms with van der Waals surface area (Å²) in [6, 6.07) is 0.312. The first-order valence-electron chi connectivity index (χ1n) is 5.21. The van der Waals surface area contributed by atoms with Crippen LogP contribution in [0.5, 0.6) is 0 Å². The monoisotopic (exact) mass is 196 g/mol. The Kier molecular flexibility index (Phi) is 2.44. The van der Waals surface area contributed by atoms with E-state index in [9.17, 15) is 9.59 Å². The van der Waals surface area contributed by atoms with Crippen LogP contribution in [0.1, 0.15) is 26.2 Å². The normalized spacial score (nSPS) is 32.1. The van der Waals surface area contributed by atoms with E-state index in [1.54, 1.807) is 6.92 Å². The minimum atomic E-state index is 0.153. The first-order valence-corrected chi connectivity index (χ1v) is 5.21. The first-order chi connectivity index (χ1) is 6.66. The molecule has 0 aromatic carbocycles. The summed E-state index contributed by atoms with van der Waals surface area (Å²) in [7, 11) is 0. The third-order valence-electron chi connectivity index (χ3n) is 3.27. The Morgan fingerprint density at radius 1 is 1.50 bits per heavy atom. The quantitative estimate of drug-likeness (QED) is 0.599. The molecule has 1 N–H and O–H groups in total. The molecule has 2 saturated heterocycles. The molecule has 4 heteroatoms. The molecule has 0 radical (unpaired) electrons. The zero-order valence-electron chi connectivity index (χ0n) is 8.45. The Hall–Kier alpha value is -1.06. The third-order valence-corrected chi connectivity index (χ3v) is 3.27. The fourth-order valence-electron chi connectivity index (χ4n) is 2.40. The average Bonchev–Trinajstić information content (AvgIpc) is 2.16. The van der Waals surface area contributed by atoms with E-state index in [4.69, 9.17) is 0 Å². The number of hydrogen-bond donors (Lipinski definition) is 1. The Morgan fingerprint density at radius 2 is 2.29 bits per heavy atom. The van der Waals surface area contributed by atoms with Crippen molar-refractivity contribution in [1.29, 1.82) is 0 Å². The van der Waals surface area contributed by atoms with E-state index in [1.165, 1.54) is 0 Å². The maximum absolute atomic E-state index is 11.2. The molecular formula is C10H16N2O2. The van der Waals surface area contributed by atoms with Crippen LogP contribution in [0.4, 0.5) is 0 Å². The largest absolute Gasteiger partial charge is 0.353 e. The number of rotatable bonds is 0. The average molecular weight is 196 g/mol. The summed E-state index contributed by atoms with van der Waals surface area (Å²) in [5.41, 5.74) is 0. The van der Waals surface area contributed by atoms with Crippen LogP contribution < -0.4 is 5.32 Å². The van der Waals surface area contributed by atoms with Gasteiger partial charge in [0, 0.05) is 32.5 Å². The SMILES string of the molecule is CC(=O)N1CCC2NC(=O)CCC2C1. The molecule has 2 amide bonds. The molecule has 14 heavy (non-hydrogen) atoms. The zero-order chi connectivity index (χ0) is 10.1. The van der Waals surface area contributed by atoms with Gasteiger partial charge in [0.05, 0.1) is 0 Å². The van der Waals surface area contributed by atoms with E-state index in [0.717, 1.165) is 25.9 Å². The number of carbonyl (C=O) groups excluding carboxylic acids is 2. The number of likely N-dealkylation sites (tertiary alicyclic amines) is 1. The van der Waals surface area contributed by atoms with Crippen molar-refractivity contribution < 1.29 is 9.59 Å². The summed E-state index contributed by atoms with van der Waals surface area (Å²) >= 11 is 0. The van der Waals surface area contributed by atoms with E-state index in [0.29, 0.717) is 18.4 Å². The molecule has 78 valence electrons. The van der Waals surface area contributed by atoms with E-state index in [2.05, 4.69) is 5.32 Å².